The first-order valence-electron chi connectivity index (χ1n) is 7.82. The normalized spacial score (nSPS) is 10.6. The number of pyridine rings is 1. The summed E-state index contributed by atoms with van der Waals surface area (Å²) in [6.45, 7) is 1.23. The molecule has 3 rings (SSSR count). The molecule has 1 aromatic heterocycles. The number of nitrogens with zero attached hydrogens (tertiary/aromatic N) is 2. The smallest absolute Gasteiger partial charge is 0.244 e. The SMILES string of the molecule is CC(=O)N(CC(=O)Nc1cccc2cccnc12)c1ccc(Cl)c(Cl)c1. The van der Waals surface area contributed by atoms with E-state index in [2.05, 4.69) is 10.3 Å². The maximum Gasteiger partial charge on any atom is 0.244 e. The molecule has 0 spiro atoms. The standard InChI is InChI=1S/C19H15Cl2N3O2/c1-12(25)24(14-7-8-15(20)16(21)10-14)11-18(26)23-17-6-2-4-13-5-3-9-22-19(13)17/h2-10H,11H2,1H3,(H,23,26). The van der Waals surface area contributed by atoms with Crippen molar-refractivity contribution in [3.05, 3.63) is 64.8 Å². The van der Waals surface area contributed by atoms with Gasteiger partial charge in [0.25, 0.3) is 0 Å². The lowest BCUT2D eigenvalue weighted by atomic mass is 10.2. The molecule has 26 heavy (non-hydrogen) atoms. The molecular formula is C19H15Cl2N3O2. The van der Waals surface area contributed by atoms with Crippen LogP contribution in [-0.4, -0.2) is 23.3 Å². The van der Waals surface area contributed by atoms with Gasteiger partial charge in [-0.15, -0.1) is 0 Å². The predicted molar refractivity (Wildman–Crippen MR) is 105 cm³/mol. The molecule has 0 aliphatic heterocycles. The minimum atomic E-state index is -0.343. The summed E-state index contributed by atoms with van der Waals surface area (Å²) in [5.41, 5.74) is 1.77. The van der Waals surface area contributed by atoms with Crippen LogP contribution < -0.4 is 10.2 Å². The number of halogens is 2. The van der Waals surface area contributed by atoms with E-state index >= 15 is 0 Å². The molecule has 3 aromatic rings. The van der Waals surface area contributed by atoms with Crippen molar-refractivity contribution in [3.8, 4) is 0 Å². The summed E-state index contributed by atoms with van der Waals surface area (Å²) < 4.78 is 0. The number of aromatic nitrogens is 1. The van der Waals surface area contributed by atoms with Gasteiger partial charge >= 0.3 is 0 Å². The van der Waals surface area contributed by atoms with Crippen molar-refractivity contribution < 1.29 is 9.59 Å². The molecule has 1 heterocycles. The van der Waals surface area contributed by atoms with E-state index in [-0.39, 0.29) is 18.4 Å². The molecule has 0 atom stereocenters. The van der Waals surface area contributed by atoms with Crippen molar-refractivity contribution in [1.29, 1.82) is 0 Å². The highest BCUT2D eigenvalue weighted by atomic mass is 35.5. The van der Waals surface area contributed by atoms with Crippen LogP contribution in [0.5, 0.6) is 0 Å². The molecular weight excluding hydrogens is 373 g/mol. The fourth-order valence-corrected chi connectivity index (χ4v) is 2.87. The molecule has 0 aliphatic carbocycles. The minimum Gasteiger partial charge on any atom is -0.323 e. The molecule has 0 fully saturated rings. The third-order valence-corrected chi connectivity index (χ3v) is 4.54. The number of carbonyl (C=O) groups is 2. The summed E-state index contributed by atoms with van der Waals surface area (Å²) in [5, 5.41) is 4.42. The summed E-state index contributed by atoms with van der Waals surface area (Å²) in [5.74, 6) is -0.626. The number of carbonyl (C=O) groups excluding carboxylic acids is 2. The van der Waals surface area contributed by atoms with Crippen molar-refractivity contribution in [2.75, 3.05) is 16.8 Å². The number of benzene rings is 2. The number of hydrogen-bond donors (Lipinski definition) is 1. The van der Waals surface area contributed by atoms with Gasteiger partial charge in [-0.2, -0.15) is 0 Å². The Morgan fingerprint density at radius 1 is 1.08 bits per heavy atom. The third-order valence-electron chi connectivity index (χ3n) is 3.80. The topological polar surface area (TPSA) is 62.3 Å². The van der Waals surface area contributed by atoms with Crippen LogP contribution in [0.2, 0.25) is 10.0 Å². The zero-order chi connectivity index (χ0) is 18.7. The van der Waals surface area contributed by atoms with Crippen LogP contribution in [0.3, 0.4) is 0 Å². The first-order valence-corrected chi connectivity index (χ1v) is 8.58. The van der Waals surface area contributed by atoms with Crippen molar-refractivity contribution in [2.24, 2.45) is 0 Å². The molecule has 0 saturated carbocycles. The molecule has 2 aromatic carbocycles. The first-order chi connectivity index (χ1) is 12.5. The number of fused-ring (bicyclic) bond motifs is 1. The van der Waals surface area contributed by atoms with Crippen LogP contribution in [0.15, 0.2) is 54.7 Å². The molecule has 132 valence electrons. The van der Waals surface area contributed by atoms with Gasteiger partial charge in [-0.05, 0) is 30.3 Å². The highest BCUT2D eigenvalue weighted by Gasteiger charge is 2.17. The average molecular weight is 388 g/mol. The number of anilines is 2. The van der Waals surface area contributed by atoms with Gasteiger partial charge in [0, 0.05) is 24.2 Å². The lowest BCUT2D eigenvalue weighted by Crippen LogP contribution is -2.36. The maximum absolute atomic E-state index is 12.5. The minimum absolute atomic E-state index is 0.156. The van der Waals surface area contributed by atoms with E-state index in [9.17, 15) is 9.59 Å². The van der Waals surface area contributed by atoms with E-state index in [4.69, 9.17) is 23.2 Å². The Kier molecular flexibility index (Phi) is 5.40. The molecule has 2 amide bonds. The van der Waals surface area contributed by atoms with E-state index in [1.54, 1.807) is 30.5 Å². The van der Waals surface area contributed by atoms with Gasteiger partial charge in [-0.25, -0.2) is 0 Å². The summed E-state index contributed by atoms with van der Waals surface area (Å²) in [6, 6.07) is 14.0. The fourth-order valence-electron chi connectivity index (χ4n) is 2.58. The Morgan fingerprint density at radius 2 is 1.85 bits per heavy atom. The van der Waals surface area contributed by atoms with Crippen LogP contribution in [0.25, 0.3) is 10.9 Å². The van der Waals surface area contributed by atoms with E-state index in [1.807, 2.05) is 24.3 Å². The predicted octanol–water partition coefficient (Wildman–Crippen LogP) is 4.53. The first kappa shape index (κ1) is 18.2. The van der Waals surface area contributed by atoms with Crippen LogP contribution in [0.1, 0.15) is 6.92 Å². The molecule has 7 heteroatoms. The number of rotatable bonds is 4. The van der Waals surface area contributed by atoms with Gasteiger partial charge in [0.2, 0.25) is 11.8 Å². The molecule has 0 bridgehead atoms. The summed E-state index contributed by atoms with van der Waals surface area (Å²) in [7, 11) is 0. The highest BCUT2D eigenvalue weighted by molar-refractivity contribution is 6.42. The monoisotopic (exact) mass is 387 g/mol. The molecule has 1 N–H and O–H groups in total. The lowest BCUT2D eigenvalue weighted by Gasteiger charge is -2.21. The second kappa shape index (κ2) is 7.72. The maximum atomic E-state index is 12.5. The Balaban J connectivity index is 1.82. The number of para-hydroxylation sites is 1. The molecule has 0 aliphatic rings. The fraction of sp³-hybridized carbons (Fsp3) is 0.105. The van der Waals surface area contributed by atoms with Gasteiger partial charge in [-0.1, -0.05) is 41.4 Å². The lowest BCUT2D eigenvalue weighted by molar-refractivity contribution is -0.120. The van der Waals surface area contributed by atoms with E-state index in [1.165, 1.54) is 11.8 Å². The average Bonchev–Trinajstić information content (AvgIpc) is 2.62. The quantitative estimate of drug-likeness (QED) is 0.714. The summed E-state index contributed by atoms with van der Waals surface area (Å²) >= 11 is 11.9. The summed E-state index contributed by atoms with van der Waals surface area (Å²) in [4.78, 5) is 30.1. The van der Waals surface area contributed by atoms with Gasteiger partial charge in [-0.3, -0.25) is 14.6 Å². The van der Waals surface area contributed by atoms with Gasteiger partial charge in [0.05, 0.1) is 21.2 Å². The van der Waals surface area contributed by atoms with Crippen molar-refractivity contribution in [3.63, 3.8) is 0 Å². The number of amides is 2. The molecule has 0 radical (unpaired) electrons. The molecule has 5 nitrogen and oxygen atoms in total. The molecule has 0 saturated heterocycles. The van der Waals surface area contributed by atoms with Gasteiger partial charge in [0.1, 0.15) is 6.54 Å². The summed E-state index contributed by atoms with van der Waals surface area (Å²) in [6.07, 6.45) is 1.66. The van der Waals surface area contributed by atoms with Crippen LogP contribution in [-0.2, 0) is 9.59 Å². The van der Waals surface area contributed by atoms with Crippen LogP contribution >= 0.6 is 23.2 Å². The van der Waals surface area contributed by atoms with Crippen molar-refractivity contribution in [2.45, 2.75) is 6.92 Å². The number of nitrogens with one attached hydrogen (secondary N) is 1. The number of hydrogen-bond acceptors (Lipinski definition) is 3. The molecule has 0 unspecified atom stereocenters. The second-order valence-corrected chi connectivity index (χ2v) is 6.45. The Hall–Kier alpha value is -2.63. The second-order valence-electron chi connectivity index (χ2n) is 5.63. The van der Waals surface area contributed by atoms with Gasteiger partial charge < -0.3 is 10.2 Å². The van der Waals surface area contributed by atoms with Crippen molar-refractivity contribution >= 4 is 57.3 Å². The zero-order valence-corrected chi connectivity index (χ0v) is 15.4. The largest absolute Gasteiger partial charge is 0.323 e. The van der Waals surface area contributed by atoms with Crippen molar-refractivity contribution in [1.82, 2.24) is 4.98 Å². The Morgan fingerprint density at radius 3 is 2.58 bits per heavy atom. The highest BCUT2D eigenvalue weighted by Crippen LogP contribution is 2.27. The van der Waals surface area contributed by atoms with Gasteiger partial charge in [0.15, 0.2) is 0 Å². The van der Waals surface area contributed by atoms with Crippen LogP contribution in [0, 0.1) is 0 Å². The Labute approximate surface area is 160 Å². The van der Waals surface area contributed by atoms with E-state index in [0.717, 1.165) is 5.39 Å². The van der Waals surface area contributed by atoms with Crippen LogP contribution in [0.4, 0.5) is 11.4 Å². The zero-order valence-electron chi connectivity index (χ0n) is 13.9. The Bertz CT molecular complexity index is 986. The third kappa shape index (κ3) is 3.95. The van der Waals surface area contributed by atoms with E-state index in [0.29, 0.717) is 26.9 Å². The van der Waals surface area contributed by atoms with E-state index < -0.39 is 0 Å².